The van der Waals surface area contributed by atoms with E-state index in [1.54, 1.807) is 30.3 Å². The highest BCUT2D eigenvalue weighted by Crippen LogP contribution is 2.26. The lowest BCUT2D eigenvalue weighted by atomic mass is 10.00. The predicted octanol–water partition coefficient (Wildman–Crippen LogP) is 2.99. The quantitative estimate of drug-likeness (QED) is 0.651. The minimum Gasteiger partial charge on any atom is -0.508 e. The lowest BCUT2D eigenvalue weighted by Gasteiger charge is -2.10. The topological polar surface area (TPSA) is 87.0 Å². The Morgan fingerprint density at radius 2 is 1.72 bits per heavy atom. The molecule has 0 fully saturated rings. The third kappa shape index (κ3) is 6.12. The van der Waals surface area contributed by atoms with Gasteiger partial charge in [0.15, 0.2) is 11.5 Å². The maximum absolute atomic E-state index is 12.0. The Hall–Kier alpha value is -2.53. The second kappa shape index (κ2) is 9.08. The van der Waals surface area contributed by atoms with Crippen molar-refractivity contribution in [1.82, 2.24) is 0 Å². The van der Waals surface area contributed by atoms with Gasteiger partial charge in [-0.05, 0) is 54.7 Å². The molecule has 0 aliphatic carbocycles. The highest BCUT2D eigenvalue weighted by atomic mass is 16.5. The summed E-state index contributed by atoms with van der Waals surface area (Å²) in [7, 11) is 1.48. The summed E-state index contributed by atoms with van der Waals surface area (Å²) < 4.78 is 5.05. The van der Waals surface area contributed by atoms with Crippen LogP contribution in [0.4, 0.5) is 0 Å². The molecular formula is C20H24O5. The first kappa shape index (κ1) is 18.8. The number of phenolic OH excluding ortho intramolecular Hbond substituents is 2. The van der Waals surface area contributed by atoms with Gasteiger partial charge in [-0.25, -0.2) is 0 Å². The van der Waals surface area contributed by atoms with E-state index < -0.39 is 6.10 Å². The van der Waals surface area contributed by atoms with Crippen molar-refractivity contribution in [3.05, 3.63) is 53.6 Å². The number of hydrogen-bond acceptors (Lipinski definition) is 5. The Morgan fingerprint density at radius 1 is 1.04 bits per heavy atom. The first-order valence-corrected chi connectivity index (χ1v) is 8.31. The summed E-state index contributed by atoms with van der Waals surface area (Å²) in [5, 5.41) is 28.8. The SMILES string of the molecule is COc1cc(CCC(=O)C[C@H](O)CCc2ccc(O)cc2)ccc1O. The van der Waals surface area contributed by atoms with Crippen LogP contribution in [0.1, 0.15) is 30.4 Å². The zero-order valence-corrected chi connectivity index (χ0v) is 14.3. The van der Waals surface area contributed by atoms with Gasteiger partial charge in [0.05, 0.1) is 13.2 Å². The van der Waals surface area contributed by atoms with Crippen molar-refractivity contribution in [3.63, 3.8) is 0 Å². The maximum atomic E-state index is 12.0. The molecule has 0 aliphatic heterocycles. The van der Waals surface area contributed by atoms with Crippen LogP contribution in [0, 0.1) is 0 Å². The van der Waals surface area contributed by atoms with Crippen LogP contribution in [-0.2, 0) is 17.6 Å². The number of aliphatic hydroxyl groups is 1. The molecule has 0 saturated heterocycles. The van der Waals surface area contributed by atoms with E-state index in [1.807, 2.05) is 12.1 Å². The van der Waals surface area contributed by atoms with Crippen molar-refractivity contribution in [2.45, 2.75) is 38.2 Å². The number of rotatable bonds is 9. The summed E-state index contributed by atoms with van der Waals surface area (Å²) in [6.45, 7) is 0. The molecule has 0 unspecified atom stereocenters. The van der Waals surface area contributed by atoms with Gasteiger partial charge in [0.2, 0.25) is 0 Å². The first-order valence-electron chi connectivity index (χ1n) is 8.31. The van der Waals surface area contributed by atoms with Gasteiger partial charge < -0.3 is 20.1 Å². The first-order chi connectivity index (χ1) is 12.0. The van der Waals surface area contributed by atoms with Gasteiger partial charge in [0.25, 0.3) is 0 Å². The van der Waals surface area contributed by atoms with Crippen molar-refractivity contribution >= 4 is 5.78 Å². The molecule has 2 aromatic carbocycles. The van der Waals surface area contributed by atoms with Gasteiger partial charge in [-0.1, -0.05) is 18.2 Å². The Kier molecular flexibility index (Phi) is 6.83. The monoisotopic (exact) mass is 344 g/mol. The Bertz CT molecular complexity index is 694. The van der Waals surface area contributed by atoms with E-state index in [4.69, 9.17) is 4.74 Å². The minimum absolute atomic E-state index is 0.00486. The number of aliphatic hydroxyl groups excluding tert-OH is 1. The van der Waals surface area contributed by atoms with Crippen molar-refractivity contribution in [1.29, 1.82) is 0 Å². The number of hydrogen-bond donors (Lipinski definition) is 3. The normalized spacial score (nSPS) is 11.9. The second-order valence-corrected chi connectivity index (χ2v) is 6.11. The molecule has 2 aromatic rings. The average Bonchev–Trinajstić information content (AvgIpc) is 2.60. The third-order valence-corrected chi connectivity index (χ3v) is 4.10. The fourth-order valence-electron chi connectivity index (χ4n) is 2.62. The molecule has 1 atom stereocenters. The van der Waals surface area contributed by atoms with Crippen molar-refractivity contribution in [3.8, 4) is 17.2 Å². The van der Waals surface area contributed by atoms with Gasteiger partial charge in [0.1, 0.15) is 11.5 Å². The molecule has 0 spiro atoms. The number of methoxy groups -OCH3 is 1. The smallest absolute Gasteiger partial charge is 0.160 e. The van der Waals surface area contributed by atoms with Crippen molar-refractivity contribution in [2.24, 2.45) is 0 Å². The molecule has 5 nitrogen and oxygen atoms in total. The number of benzene rings is 2. The number of ether oxygens (including phenoxy) is 1. The zero-order chi connectivity index (χ0) is 18.2. The summed E-state index contributed by atoms with van der Waals surface area (Å²) in [6, 6.07) is 11.9. The van der Waals surface area contributed by atoms with Crippen LogP contribution >= 0.6 is 0 Å². The van der Waals surface area contributed by atoms with Gasteiger partial charge in [-0.3, -0.25) is 4.79 Å². The van der Waals surface area contributed by atoms with Crippen LogP contribution in [0.3, 0.4) is 0 Å². The van der Waals surface area contributed by atoms with Crippen LogP contribution in [0.5, 0.6) is 17.2 Å². The molecule has 0 bridgehead atoms. The third-order valence-electron chi connectivity index (χ3n) is 4.10. The molecule has 3 N–H and O–H groups in total. The summed E-state index contributed by atoms with van der Waals surface area (Å²) >= 11 is 0. The van der Waals surface area contributed by atoms with E-state index in [1.165, 1.54) is 7.11 Å². The number of phenols is 2. The number of ketones is 1. The average molecular weight is 344 g/mol. The molecule has 5 heteroatoms. The number of Topliss-reactive ketones (excluding diaryl/α,β-unsaturated/α-hetero) is 1. The molecule has 0 amide bonds. The zero-order valence-electron chi connectivity index (χ0n) is 14.3. The lowest BCUT2D eigenvalue weighted by molar-refractivity contribution is -0.120. The lowest BCUT2D eigenvalue weighted by Crippen LogP contribution is -2.14. The molecule has 25 heavy (non-hydrogen) atoms. The molecule has 0 heterocycles. The van der Waals surface area contributed by atoms with E-state index >= 15 is 0 Å². The Balaban J connectivity index is 1.74. The fraction of sp³-hybridized carbons (Fsp3) is 0.350. The highest BCUT2D eigenvalue weighted by Gasteiger charge is 2.12. The summed E-state index contributed by atoms with van der Waals surface area (Å²) in [4.78, 5) is 12.0. The second-order valence-electron chi connectivity index (χ2n) is 6.11. The minimum atomic E-state index is -0.671. The van der Waals surface area contributed by atoms with Crippen LogP contribution in [0.15, 0.2) is 42.5 Å². The summed E-state index contributed by atoms with van der Waals surface area (Å²) in [5.41, 5.74) is 1.92. The molecular weight excluding hydrogens is 320 g/mol. The molecule has 0 radical (unpaired) electrons. The molecule has 0 aromatic heterocycles. The van der Waals surface area contributed by atoms with E-state index in [-0.39, 0.29) is 23.7 Å². The van der Waals surface area contributed by atoms with E-state index in [2.05, 4.69) is 0 Å². The standard InChI is InChI=1S/C20H24O5/c1-25-20-12-15(6-11-19(20)24)5-10-18(23)13-17(22)9-4-14-2-7-16(21)8-3-14/h2-3,6-8,11-12,17,21-22,24H,4-5,9-10,13H2,1H3/t17-/m1/s1. The highest BCUT2D eigenvalue weighted by molar-refractivity contribution is 5.79. The van der Waals surface area contributed by atoms with Crippen LogP contribution in [-0.4, -0.2) is 34.3 Å². The van der Waals surface area contributed by atoms with Gasteiger partial charge >= 0.3 is 0 Å². The summed E-state index contributed by atoms with van der Waals surface area (Å²) in [6.07, 6.45) is 1.50. The van der Waals surface area contributed by atoms with Crippen LogP contribution in [0.25, 0.3) is 0 Å². The van der Waals surface area contributed by atoms with Crippen LogP contribution in [0.2, 0.25) is 0 Å². The largest absolute Gasteiger partial charge is 0.508 e. The van der Waals surface area contributed by atoms with Crippen LogP contribution < -0.4 is 4.74 Å². The number of aryl methyl sites for hydroxylation is 2. The van der Waals surface area contributed by atoms with E-state index in [0.29, 0.717) is 31.4 Å². The van der Waals surface area contributed by atoms with Crippen molar-refractivity contribution < 1.29 is 24.9 Å². The van der Waals surface area contributed by atoms with E-state index in [9.17, 15) is 20.1 Å². The number of carbonyl (C=O) groups is 1. The maximum Gasteiger partial charge on any atom is 0.160 e. The number of carbonyl (C=O) groups excluding carboxylic acids is 1. The molecule has 0 aliphatic rings. The Morgan fingerprint density at radius 3 is 2.40 bits per heavy atom. The van der Waals surface area contributed by atoms with Gasteiger partial charge in [0, 0.05) is 12.8 Å². The fourth-order valence-corrected chi connectivity index (χ4v) is 2.62. The predicted molar refractivity (Wildman–Crippen MR) is 95.0 cm³/mol. The van der Waals surface area contributed by atoms with Gasteiger partial charge in [-0.2, -0.15) is 0 Å². The van der Waals surface area contributed by atoms with E-state index in [0.717, 1.165) is 11.1 Å². The molecule has 2 rings (SSSR count). The Labute approximate surface area is 147 Å². The molecule has 0 saturated carbocycles. The number of aromatic hydroxyl groups is 2. The molecule has 134 valence electrons. The van der Waals surface area contributed by atoms with Crippen molar-refractivity contribution in [2.75, 3.05) is 7.11 Å². The summed E-state index contributed by atoms with van der Waals surface area (Å²) in [5.74, 6) is 0.677. The van der Waals surface area contributed by atoms with Gasteiger partial charge in [-0.15, -0.1) is 0 Å².